The predicted molar refractivity (Wildman–Crippen MR) is 78.5 cm³/mol. The van der Waals surface area contributed by atoms with E-state index in [0.717, 1.165) is 6.42 Å². The zero-order valence-electron chi connectivity index (χ0n) is 12.8. The lowest BCUT2D eigenvalue weighted by atomic mass is 9.45. The van der Waals surface area contributed by atoms with Crippen molar-refractivity contribution in [2.24, 2.45) is 22.7 Å². The van der Waals surface area contributed by atoms with Crippen LogP contribution in [0.4, 0.5) is 0 Å². The van der Waals surface area contributed by atoms with Gasteiger partial charge in [-0.15, -0.1) is 0 Å². The lowest BCUT2D eigenvalue weighted by molar-refractivity contribution is -0.176. The molecule has 4 aliphatic carbocycles. The molecule has 4 bridgehead atoms. The highest BCUT2D eigenvalue weighted by atomic mass is 16.5. The molecule has 0 aromatic heterocycles. The summed E-state index contributed by atoms with van der Waals surface area (Å²) in [4.78, 5) is 38.9. The quantitative estimate of drug-likeness (QED) is 0.543. The molecule has 1 N–H and O–H groups in total. The van der Waals surface area contributed by atoms with Crippen LogP contribution >= 0.6 is 0 Å². The van der Waals surface area contributed by atoms with Gasteiger partial charge in [-0.1, -0.05) is 6.58 Å². The van der Waals surface area contributed by atoms with Crippen LogP contribution in [-0.2, 0) is 19.1 Å². The normalized spacial score (nSPS) is 47.9. The van der Waals surface area contributed by atoms with Gasteiger partial charge in [0.15, 0.2) is 11.5 Å². The number of carbonyl (C=O) groups excluding carboxylic acids is 3. The predicted octanol–water partition coefficient (Wildman–Crippen LogP) is 1.67. The molecule has 2 saturated heterocycles. The molecule has 5 heteroatoms. The minimum Gasteiger partial charge on any atom is -0.504 e. The van der Waals surface area contributed by atoms with Crippen LogP contribution in [-0.4, -0.2) is 35.2 Å². The molecule has 5 nitrogen and oxygen atoms in total. The summed E-state index contributed by atoms with van der Waals surface area (Å²) >= 11 is 0. The summed E-state index contributed by atoms with van der Waals surface area (Å²) in [7, 11) is 0. The number of ketones is 3. The van der Waals surface area contributed by atoms with Crippen molar-refractivity contribution in [1.29, 1.82) is 0 Å². The number of ether oxygens (including phenoxy) is 1. The molecule has 2 spiro atoms. The summed E-state index contributed by atoms with van der Waals surface area (Å²) in [5.41, 5.74) is -1.23. The first kappa shape index (κ1) is 13.7. The molecule has 0 aromatic rings. The number of Topliss-reactive ketones (excluding diaryl/α,β-unsaturated/α-hetero) is 3. The molecule has 6 rings (SSSR count). The summed E-state index contributed by atoms with van der Waals surface area (Å²) < 4.78 is 5.79. The van der Waals surface area contributed by atoms with Crippen molar-refractivity contribution in [3.63, 3.8) is 0 Å². The highest BCUT2D eigenvalue weighted by Gasteiger charge is 2.73. The minimum atomic E-state index is -1.28. The third-order valence-corrected chi connectivity index (χ3v) is 7.09. The molecule has 1 unspecified atom stereocenters. The first-order valence-electron chi connectivity index (χ1n) is 8.29. The molecule has 5 fully saturated rings. The number of hydrogen-bond acceptors (Lipinski definition) is 5. The SMILES string of the molecule is C=C1C(=O)[C@]23C[C@H]1CC[C@H]2[C@]12COC(CC1=O)CC2=C(O)C3=O. The van der Waals surface area contributed by atoms with E-state index < -0.39 is 16.6 Å². The highest BCUT2D eigenvalue weighted by Crippen LogP contribution is 2.67. The standard InChI is InChI=1S/C18H18O5/c1-8-9-2-3-12-17(6-9,15(8)21)16(22)14(20)11-4-10-5-13(19)18(11,12)7-23-10/h9-10,12,20H,1-7H2/t9-,10?,12-,17+,18-/m1/s1. The summed E-state index contributed by atoms with van der Waals surface area (Å²) in [5, 5.41) is 10.6. The van der Waals surface area contributed by atoms with Crippen molar-refractivity contribution >= 4 is 17.3 Å². The summed E-state index contributed by atoms with van der Waals surface area (Å²) in [6.07, 6.45) is 2.30. The van der Waals surface area contributed by atoms with Crippen LogP contribution in [0, 0.1) is 22.7 Å². The van der Waals surface area contributed by atoms with Gasteiger partial charge in [0.2, 0.25) is 5.78 Å². The third kappa shape index (κ3) is 1.22. The fourth-order valence-electron chi connectivity index (χ4n) is 6.02. The number of fused-ring (bicyclic) bond motifs is 3. The molecule has 3 saturated carbocycles. The Morgan fingerprint density at radius 1 is 1.09 bits per heavy atom. The summed E-state index contributed by atoms with van der Waals surface area (Å²) in [6, 6.07) is 0. The van der Waals surface area contributed by atoms with Gasteiger partial charge in [-0.2, -0.15) is 0 Å². The van der Waals surface area contributed by atoms with Crippen LogP contribution in [0.15, 0.2) is 23.5 Å². The Labute approximate surface area is 133 Å². The molecule has 120 valence electrons. The van der Waals surface area contributed by atoms with E-state index in [4.69, 9.17) is 4.74 Å². The molecule has 5 atom stereocenters. The second-order valence-corrected chi connectivity index (χ2v) is 7.75. The molecule has 2 aliphatic heterocycles. The number of allylic oxidation sites excluding steroid dienone is 2. The maximum Gasteiger partial charge on any atom is 0.211 e. The van der Waals surface area contributed by atoms with Gasteiger partial charge in [0.25, 0.3) is 0 Å². The first-order chi connectivity index (χ1) is 10.9. The third-order valence-electron chi connectivity index (χ3n) is 7.09. The Bertz CT molecular complexity index is 747. The second-order valence-electron chi connectivity index (χ2n) is 7.75. The van der Waals surface area contributed by atoms with Crippen LogP contribution < -0.4 is 0 Å². The van der Waals surface area contributed by atoms with Crippen molar-refractivity contribution < 1.29 is 24.2 Å². The number of hydrogen-bond donors (Lipinski definition) is 1. The average Bonchev–Trinajstić information content (AvgIpc) is 2.75. The van der Waals surface area contributed by atoms with Crippen LogP contribution in [0.2, 0.25) is 0 Å². The van der Waals surface area contributed by atoms with E-state index in [0.29, 0.717) is 36.8 Å². The molecular formula is C18H18O5. The van der Waals surface area contributed by atoms with Gasteiger partial charge in [0, 0.05) is 12.8 Å². The maximum atomic E-state index is 13.0. The Kier molecular flexibility index (Phi) is 2.28. The van der Waals surface area contributed by atoms with E-state index in [9.17, 15) is 19.5 Å². The average molecular weight is 314 g/mol. The lowest BCUT2D eigenvalue weighted by Gasteiger charge is -2.58. The Balaban J connectivity index is 1.82. The topological polar surface area (TPSA) is 80.7 Å². The molecule has 0 aromatic carbocycles. The molecular weight excluding hydrogens is 296 g/mol. The van der Waals surface area contributed by atoms with Crippen molar-refractivity contribution in [3.05, 3.63) is 23.5 Å². The molecule has 23 heavy (non-hydrogen) atoms. The second kappa shape index (κ2) is 3.83. The molecule has 6 aliphatic rings. The van der Waals surface area contributed by atoms with Crippen molar-refractivity contribution in [2.45, 2.75) is 38.2 Å². The van der Waals surface area contributed by atoms with E-state index in [1.807, 2.05) is 0 Å². The molecule has 0 radical (unpaired) electrons. The Morgan fingerprint density at radius 3 is 2.61 bits per heavy atom. The maximum absolute atomic E-state index is 13.0. The van der Waals surface area contributed by atoms with Gasteiger partial charge in [-0.25, -0.2) is 0 Å². The van der Waals surface area contributed by atoms with E-state index in [1.54, 1.807) is 0 Å². The van der Waals surface area contributed by atoms with E-state index in [1.165, 1.54) is 0 Å². The fraction of sp³-hybridized carbons (Fsp3) is 0.611. The van der Waals surface area contributed by atoms with E-state index in [2.05, 4.69) is 6.58 Å². The van der Waals surface area contributed by atoms with Gasteiger partial charge in [-0.3, -0.25) is 14.4 Å². The zero-order valence-corrected chi connectivity index (χ0v) is 12.8. The van der Waals surface area contributed by atoms with Crippen LogP contribution in [0.3, 0.4) is 0 Å². The number of aliphatic hydroxyl groups is 1. The first-order valence-corrected chi connectivity index (χ1v) is 8.29. The Hall–Kier alpha value is -1.75. The van der Waals surface area contributed by atoms with Crippen LogP contribution in [0.25, 0.3) is 0 Å². The lowest BCUT2D eigenvalue weighted by Crippen LogP contribution is -2.65. The summed E-state index contributed by atoms with van der Waals surface area (Å²) in [5.74, 6) is -1.42. The largest absolute Gasteiger partial charge is 0.504 e. The number of carbonyl (C=O) groups is 3. The van der Waals surface area contributed by atoms with Gasteiger partial charge in [0.1, 0.15) is 11.2 Å². The van der Waals surface area contributed by atoms with Crippen LogP contribution in [0.1, 0.15) is 32.1 Å². The minimum absolute atomic E-state index is 0.00407. The smallest absolute Gasteiger partial charge is 0.211 e. The van der Waals surface area contributed by atoms with Gasteiger partial charge in [0.05, 0.1) is 18.1 Å². The van der Waals surface area contributed by atoms with E-state index in [-0.39, 0.29) is 41.9 Å². The van der Waals surface area contributed by atoms with Gasteiger partial charge < -0.3 is 9.84 Å². The van der Waals surface area contributed by atoms with Crippen molar-refractivity contribution in [2.75, 3.05) is 6.61 Å². The zero-order chi connectivity index (χ0) is 16.1. The number of rotatable bonds is 0. The molecule has 0 amide bonds. The summed E-state index contributed by atoms with van der Waals surface area (Å²) in [6.45, 7) is 4.08. The monoisotopic (exact) mass is 314 g/mol. The van der Waals surface area contributed by atoms with E-state index >= 15 is 0 Å². The highest BCUT2D eigenvalue weighted by molar-refractivity contribution is 6.22. The van der Waals surface area contributed by atoms with Crippen LogP contribution in [0.5, 0.6) is 0 Å². The van der Waals surface area contributed by atoms with Crippen molar-refractivity contribution in [3.8, 4) is 0 Å². The molecule has 2 heterocycles. The van der Waals surface area contributed by atoms with Gasteiger partial charge >= 0.3 is 0 Å². The van der Waals surface area contributed by atoms with Crippen molar-refractivity contribution in [1.82, 2.24) is 0 Å². The van der Waals surface area contributed by atoms with Gasteiger partial charge in [-0.05, 0) is 42.2 Å². The fourth-order valence-corrected chi connectivity index (χ4v) is 6.02. The number of aliphatic hydroxyl groups excluding tert-OH is 1. The Morgan fingerprint density at radius 2 is 1.87 bits per heavy atom.